The molecule has 1 saturated heterocycles. The standard InChI is InChI=1S/C22H20IN3O2/c23-18-8-4-9-19(16-18)26-11-5-10-20(26)22(28)25-14-12-24(13-15-25)21(27)17-6-2-1-3-7-17/h1-11,16H,12-15H2. The van der Waals surface area contributed by atoms with Crippen molar-refractivity contribution in [3.05, 3.63) is 87.8 Å². The Morgan fingerprint density at radius 2 is 1.43 bits per heavy atom. The van der Waals surface area contributed by atoms with E-state index in [9.17, 15) is 9.59 Å². The quantitative estimate of drug-likeness (QED) is 0.532. The first-order valence-electron chi connectivity index (χ1n) is 9.20. The summed E-state index contributed by atoms with van der Waals surface area (Å²) in [6.45, 7) is 2.16. The SMILES string of the molecule is O=C(c1ccccc1)N1CCN(C(=O)c2cccn2-c2cccc(I)c2)CC1. The molecular formula is C22H20IN3O2. The van der Waals surface area contributed by atoms with Crippen LogP contribution in [-0.4, -0.2) is 52.4 Å². The molecule has 0 aliphatic carbocycles. The highest BCUT2D eigenvalue weighted by atomic mass is 127. The van der Waals surface area contributed by atoms with E-state index in [0.717, 1.165) is 9.26 Å². The lowest BCUT2D eigenvalue weighted by atomic mass is 10.2. The molecule has 0 saturated carbocycles. The first kappa shape index (κ1) is 18.7. The number of aromatic nitrogens is 1. The molecule has 142 valence electrons. The number of amides is 2. The van der Waals surface area contributed by atoms with Crippen molar-refractivity contribution in [3.8, 4) is 5.69 Å². The van der Waals surface area contributed by atoms with E-state index in [1.165, 1.54) is 0 Å². The lowest BCUT2D eigenvalue weighted by Crippen LogP contribution is -2.50. The van der Waals surface area contributed by atoms with Gasteiger partial charge < -0.3 is 14.4 Å². The molecule has 0 unspecified atom stereocenters. The molecule has 1 fully saturated rings. The van der Waals surface area contributed by atoms with Gasteiger partial charge in [0.25, 0.3) is 11.8 Å². The van der Waals surface area contributed by atoms with Crippen LogP contribution in [0.15, 0.2) is 72.9 Å². The Hall–Kier alpha value is -2.61. The molecule has 0 radical (unpaired) electrons. The van der Waals surface area contributed by atoms with Crippen molar-refractivity contribution in [2.45, 2.75) is 0 Å². The van der Waals surface area contributed by atoms with Gasteiger partial charge >= 0.3 is 0 Å². The second kappa shape index (κ2) is 8.18. The number of hydrogen-bond donors (Lipinski definition) is 0. The van der Waals surface area contributed by atoms with Crippen LogP contribution in [0.4, 0.5) is 0 Å². The van der Waals surface area contributed by atoms with E-state index >= 15 is 0 Å². The molecule has 28 heavy (non-hydrogen) atoms. The van der Waals surface area contributed by atoms with Crippen LogP contribution in [-0.2, 0) is 0 Å². The zero-order valence-corrected chi connectivity index (χ0v) is 17.5. The first-order valence-corrected chi connectivity index (χ1v) is 10.3. The van der Waals surface area contributed by atoms with Gasteiger partial charge in [-0.1, -0.05) is 24.3 Å². The van der Waals surface area contributed by atoms with Gasteiger partial charge in [0, 0.05) is 47.2 Å². The highest BCUT2D eigenvalue weighted by Gasteiger charge is 2.26. The van der Waals surface area contributed by atoms with Crippen LogP contribution in [0.2, 0.25) is 0 Å². The van der Waals surface area contributed by atoms with Crippen LogP contribution in [0.3, 0.4) is 0 Å². The number of piperazine rings is 1. The number of hydrogen-bond acceptors (Lipinski definition) is 2. The first-order chi connectivity index (χ1) is 13.6. The summed E-state index contributed by atoms with van der Waals surface area (Å²) in [5.41, 5.74) is 2.30. The minimum Gasteiger partial charge on any atom is -0.335 e. The molecule has 3 aromatic rings. The van der Waals surface area contributed by atoms with E-state index in [-0.39, 0.29) is 11.8 Å². The summed E-state index contributed by atoms with van der Waals surface area (Å²) in [7, 11) is 0. The van der Waals surface area contributed by atoms with Crippen molar-refractivity contribution in [1.82, 2.24) is 14.4 Å². The van der Waals surface area contributed by atoms with Crippen LogP contribution >= 0.6 is 22.6 Å². The summed E-state index contributed by atoms with van der Waals surface area (Å²) in [6.07, 6.45) is 1.91. The maximum atomic E-state index is 13.1. The van der Waals surface area contributed by atoms with Gasteiger partial charge in [-0.2, -0.15) is 0 Å². The van der Waals surface area contributed by atoms with Gasteiger partial charge in [-0.3, -0.25) is 9.59 Å². The zero-order chi connectivity index (χ0) is 19.5. The smallest absolute Gasteiger partial charge is 0.270 e. The average Bonchev–Trinajstić information content (AvgIpc) is 3.23. The summed E-state index contributed by atoms with van der Waals surface area (Å²) in [5, 5.41) is 0. The molecule has 0 atom stereocenters. The number of nitrogens with zero attached hydrogens (tertiary/aromatic N) is 3. The molecule has 1 aromatic heterocycles. The predicted molar refractivity (Wildman–Crippen MR) is 117 cm³/mol. The number of carbonyl (C=O) groups excluding carboxylic acids is 2. The lowest BCUT2D eigenvalue weighted by Gasteiger charge is -2.35. The zero-order valence-electron chi connectivity index (χ0n) is 15.3. The van der Waals surface area contributed by atoms with Crippen molar-refractivity contribution in [1.29, 1.82) is 0 Å². The highest BCUT2D eigenvalue weighted by molar-refractivity contribution is 14.1. The molecular weight excluding hydrogens is 465 g/mol. The van der Waals surface area contributed by atoms with E-state index in [2.05, 4.69) is 22.6 Å². The van der Waals surface area contributed by atoms with Gasteiger partial charge in [-0.15, -0.1) is 0 Å². The van der Waals surface area contributed by atoms with Gasteiger partial charge in [0.1, 0.15) is 5.69 Å². The van der Waals surface area contributed by atoms with Crippen LogP contribution in [0, 0.1) is 3.57 Å². The van der Waals surface area contributed by atoms with Crippen LogP contribution < -0.4 is 0 Å². The second-order valence-corrected chi connectivity index (χ2v) is 7.94. The van der Waals surface area contributed by atoms with Crippen molar-refractivity contribution in [2.75, 3.05) is 26.2 Å². The maximum absolute atomic E-state index is 13.1. The van der Waals surface area contributed by atoms with E-state index in [1.807, 2.05) is 87.3 Å². The summed E-state index contributed by atoms with van der Waals surface area (Å²) >= 11 is 2.27. The Morgan fingerprint density at radius 3 is 2.11 bits per heavy atom. The summed E-state index contributed by atoms with van der Waals surface area (Å²) < 4.78 is 3.04. The predicted octanol–water partition coefficient (Wildman–Crippen LogP) is 3.68. The van der Waals surface area contributed by atoms with Gasteiger partial charge in [-0.25, -0.2) is 0 Å². The van der Waals surface area contributed by atoms with Gasteiger partial charge in [0.05, 0.1) is 0 Å². The fourth-order valence-corrected chi connectivity index (χ4v) is 3.97. The van der Waals surface area contributed by atoms with Crippen molar-refractivity contribution in [3.63, 3.8) is 0 Å². The molecule has 0 bridgehead atoms. The average molecular weight is 485 g/mol. The maximum Gasteiger partial charge on any atom is 0.270 e. The molecule has 1 aliphatic heterocycles. The fourth-order valence-electron chi connectivity index (χ4n) is 3.44. The van der Waals surface area contributed by atoms with Gasteiger partial charge in [-0.05, 0) is 65.1 Å². The van der Waals surface area contributed by atoms with E-state index < -0.39 is 0 Å². The van der Waals surface area contributed by atoms with Crippen molar-refractivity contribution >= 4 is 34.4 Å². The molecule has 0 N–H and O–H groups in total. The van der Waals surface area contributed by atoms with Crippen LogP contribution in [0.5, 0.6) is 0 Å². The van der Waals surface area contributed by atoms with Crippen molar-refractivity contribution < 1.29 is 9.59 Å². The molecule has 1 aliphatic rings. The molecule has 4 rings (SSSR count). The molecule has 2 aromatic carbocycles. The molecule has 5 nitrogen and oxygen atoms in total. The lowest BCUT2D eigenvalue weighted by molar-refractivity contribution is 0.0531. The highest BCUT2D eigenvalue weighted by Crippen LogP contribution is 2.18. The van der Waals surface area contributed by atoms with E-state index in [1.54, 1.807) is 0 Å². The van der Waals surface area contributed by atoms with E-state index in [0.29, 0.717) is 37.4 Å². The molecule has 2 amide bonds. The minimum atomic E-state index is -0.00401. The van der Waals surface area contributed by atoms with Crippen molar-refractivity contribution in [2.24, 2.45) is 0 Å². The largest absolute Gasteiger partial charge is 0.335 e. The Labute approximate surface area is 177 Å². The number of rotatable bonds is 3. The fraction of sp³-hybridized carbons (Fsp3) is 0.182. The monoisotopic (exact) mass is 485 g/mol. The third kappa shape index (κ3) is 3.82. The normalized spacial score (nSPS) is 14.2. The molecule has 2 heterocycles. The summed E-state index contributed by atoms with van der Waals surface area (Å²) in [6, 6.07) is 21.1. The summed E-state index contributed by atoms with van der Waals surface area (Å²) in [4.78, 5) is 29.3. The minimum absolute atomic E-state index is 0.00401. The Kier molecular flexibility index (Phi) is 5.47. The number of benzene rings is 2. The Balaban J connectivity index is 1.45. The molecule has 6 heteroatoms. The third-order valence-corrected chi connectivity index (χ3v) is 5.60. The molecule has 0 spiro atoms. The third-order valence-electron chi connectivity index (χ3n) is 4.93. The second-order valence-electron chi connectivity index (χ2n) is 6.69. The van der Waals surface area contributed by atoms with Gasteiger partial charge in [0.15, 0.2) is 0 Å². The number of halogens is 1. The number of carbonyl (C=O) groups is 2. The summed E-state index contributed by atoms with van der Waals surface area (Å²) in [5.74, 6) is 0.0191. The Bertz CT molecular complexity index is 992. The Morgan fingerprint density at radius 1 is 0.750 bits per heavy atom. The topological polar surface area (TPSA) is 45.6 Å². The van der Waals surface area contributed by atoms with Crippen LogP contribution in [0.25, 0.3) is 5.69 Å². The van der Waals surface area contributed by atoms with Gasteiger partial charge in [0.2, 0.25) is 0 Å². The van der Waals surface area contributed by atoms with E-state index in [4.69, 9.17) is 0 Å². The van der Waals surface area contributed by atoms with Crippen LogP contribution in [0.1, 0.15) is 20.8 Å².